The lowest BCUT2D eigenvalue weighted by Crippen LogP contribution is -2.25. The molecule has 1 unspecified atom stereocenters. The van der Waals surface area contributed by atoms with Crippen LogP contribution in [-0.2, 0) is 9.47 Å². The zero-order valence-corrected chi connectivity index (χ0v) is 12.7. The minimum absolute atomic E-state index is 0.224. The Labute approximate surface area is 121 Å². The fourth-order valence-electron chi connectivity index (χ4n) is 1.84. The summed E-state index contributed by atoms with van der Waals surface area (Å²) in [6, 6.07) is 6.75. The standard InChI is InChI=1S/C16H26FNO2/c1-4-18-11-16(14-7-5-6-8-15(14)17)20-10-9-19-12-13(2)3/h5-8,13,16,18H,4,9-12H2,1-3H3. The summed E-state index contributed by atoms with van der Waals surface area (Å²) in [7, 11) is 0. The number of likely N-dealkylation sites (N-methyl/N-ethyl adjacent to an activating group) is 1. The second-order valence-corrected chi connectivity index (χ2v) is 5.16. The van der Waals surface area contributed by atoms with E-state index in [1.54, 1.807) is 12.1 Å². The summed E-state index contributed by atoms with van der Waals surface area (Å²) in [6.45, 7) is 9.39. The number of ether oxygens (including phenoxy) is 2. The highest BCUT2D eigenvalue weighted by molar-refractivity contribution is 5.20. The maximum atomic E-state index is 13.8. The van der Waals surface area contributed by atoms with Gasteiger partial charge >= 0.3 is 0 Å². The van der Waals surface area contributed by atoms with Gasteiger partial charge in [0.25, 0.3) is 0 Å². The molecule has 0 aliphatic rings. The van der Waals surface area contributed by atoms with Gasteiger partial charge in [-0.1, -0.05) is 39.0 Å². The van der Waals surface area contributed by atoms with Crippen LogP contribution in [0.25, 0.3) is 0 Å². The van der Waals surface area contributed by atoms with Crippen LogP contribution in [0.5, 0.6) is 0 Å². The molecule has 4 heteroatoms. The summed E-state index contributed by atoms with van der Waals surface area (Å²) in [6.07, 6.45) is -0.279. The third-order valence-electron chi connectivity index (χ3n) is 2.83. The highest BCUT2D eigenvalue weighted by atomic mass is 19.1. The second-order valence-electron chi connectivity index (χ2n) is 5.16. The fraction of sp³-hybridized carbons (Fsp3) is 0.625. The van der Waals surface area contributed by atoms with Crippen LogP contribution < -0.4 is 5.32 Å². The normalized spacial score (nSPS) is 12.8. The number of benzene rings is 1. The quantitative estimate of drug-likeness (QED) is 0.669. The molecule has 0 saturated carbocycles. The molecular formula is C16H26FNO2. The van der Waals surface area contributed by atoms with Gasteiger partial charge in [-0.25, -0.2) is 4.39 Å². The molecule has 0 aromatic heterocycles. The van der Waals surface area contributed by atoms with Crippen LogP contribution in [0.2, 0.25) is 0 Å². The van der Waals surface area contributed by atoms with Gasteiger partial charge in [0.1, 0.15) is 5.82 Å². The molecule has 20 heavy (non-hydrogen) atoms. The Kier molecular flexibility index (Phi) is 8.42. The summed E-state index contributed by atoms with van der Waals surface area (Å²) in [5.74, 6) is 0.289. The number of hydrogen-bond donors (Lipinski definition) is 1. The molecule has 114 valence electrons. The molecule has 1 atom stereocenters. The fourth-order valence-corrected chi connectivity index (χ4v) is 1.84. The molecule has 0 amide bonds. The lowest BCUT2D eigenvalue weighted by Gasteiger charge is -2.19. The number of hydrogen-bond acceptors (Lipinski definition) is 3. The molecule has 0 saturated heterocycles. The number of nitrogens with one attached hydrogen (secondary N) is 1. The van der Waals surface area contributed by atoms with E-state index in [0.29, 0.717) is 31.2 Å². The van der Waals surface area contributed by atoms with Crippen molar-refractivity contribution in [3.63, 3.8) is 0 Å². The highest BCUT2D eigenvalue weighted by Crippen LogP contribution is 2.19. The Hall–Kier alpha value is -0.970. The van der Waals surface area contributed by atoms with Crippen molar-refractivity contribution in [2.24, 2.45) is 5.92 Å². The molecule has 0 aliphatic heterocycles. The monoisotopic (exact) mass is 283 g/mol. The molecule has 0 fully saturated rings. The molecule has 1 rings (SSSR count). The van der Waals surface area contributed by atoms with Gasteiger partial charge in [0.2, 0.25) is 0 Å². The highest BCUT2D eigenvalue weighted by Gasteiger charge is 2.15. The van der Waals surface area contributed by atoms with Crippen LogP contribution >= 0.6 is 0 Å². The first kappa shape index (κ1) is 17.1. The maximum absolute atomic E-state index is 13.8. The molecule has 0 spiro atoms. The third-order valence-corrected chi connectivity index (χ3v) is 2.83. The Morgan fingerprint density at radius 3 is 2.60 bits per heavy atom. The second kappa shape index (κ2) is 9.86. The van der Waals surface area contributed by atoms with Crippen molar-refractivity contribution in [1.29, 1.82) is 0 Å². The van der Waals surface area contributed by atoms with Crippen molar-refractivity contribution in [3.05, 3.63) is 35.6 Å². The Balaban J connectivity index is 2.46. The summed E-state index contributed by atoms with van der Waals surface area (Å²) in [5, 5.41) is 3.20. The van der Waals surface area contributed by atoms with Gasteiger partial charge in [-0.05, 0) is 18.5 Å². The molecule has 1 aromatic rings. The first-order valence-corrected chi connectivity index (χ1v) is 7.29. The lowest BCUT2D eigenvalue weighted by molar-refractivity contribution is -0.00235. The van der Waals surface area contributed by atoms with Crippen molar-refractivity contribution >= 4 is 0 Å². The minimum Gasteiger partial charge on any atom is -0.379 e. The van der Waals surface area contributed by atoms with Crippen LogP contribution in [0, 0.1) is 11.7 Å². The van der Waals surface area contributed by atoms with Crippen LogP contribution in [-0.4, -0.2) is 32.9 Å². The summed E-state index contributed by atoms with van der Waals surface area (Å²) >= 11 is 0. The van der Waals surface area contributed by atoms with Crippen molar-refractivity contribution in [2.75, 3.05) is 32.9 Å². The Morgan fingerprint density at radius 1 is 1.20 bits per heavy atom. The molecule has 1 aromatic carbocycles. The number of rotatable bonds is 10. The first-order chi connectivity index (χ1) is 9.65. The largest absolute Gasteiger partial charge is 0.379 e. The minimum atomic E-state index is -0.279. The van der Waals surface area contributed by atoms with Crippen LogP contribution in [0.1, 0.15) is 32.4 Å². The molecule has 3 nitrogen and oxygen atoms in total. The van der Waals surface area contributed by atoms with E-state index in [1.165, 1.54) is 6.07 Å². The molecule has 0 bridgehead atoms. The van der Waals surface area contributed by atoms with Crippen molar-refractivity contribution in [3.8, 4) is 0 Å². The van der Waals surface area contributed by atoms with E-state index in [1.807, 2.05) is 13.0 Å². The molecular weight excluding hydrogens is 257 g/mol. The van der Waals surface area contributed by atoms with Gasteiger partial charge in [-0.15, -0.1) is 0 Å². The molecule has 0 heterocycles. The van der Waals surface area contributed by atoms with E-state index < -0.39 is 0 Å². The van der Waals surface area contributed by atoms with Crippen LogP contribution in [0.3, 0.4) is 0 Å². The van der Waals surface area contributed by atoms with E-state index >= 15 is 0 Å². The Morgan fingerprint density at radius 2 is 1.95 bits per heavy atom. The predicted octanol–water partition coefficient (Wildman–Crippen LogP) is 3.17. The number of halogens is 1. The summed E-state index contributed by atoms with van der Waals surface area (Å²) < 4.78 is 25.1. The van der Waals surface area contributed by atoms with E-state index in [2.05, 4.69) is 19.2 Å². The van der Waals surface area contributed by atoms with Crippen LogP contribution in [0.15, 0.2) is 24.3 Å². The Bertz CT molecular complexity index is 371. The zero-order valence-electron chi connectivity index (χ0n) is 12.7. The predicted molar refractivity (Wildman–Crippen MR) is 79.3 cm³/mol. The van der Waals surface area contributed by atoms with Gasteiger partial charge in [-0.3, -0.25) is 0 Å². The summed E-state index contributed by atoms with van der Waals surface area (Å²) in [5.41, 5.74) is 0.595. The van der Waals surface area contributed by atoms with Crippen molar-refractivity contribution in [2.45, 2.75) is 26.9 Å². The first-order valence-electron chi connectivity index (χ1n) is 7.29. The maximum Gasteiger partial charge on any atom is 0.129 e. The van der Waals surface area contributed by atoms with Gasteiger partial charge < -0.3 is 14.8 Å². The van der Waals surface area contributed by atoms with E-state index in [9.17, 15) is 4.39 Å². The molecule has 1 N–H and O–H groups in total. The third kappa shape index (κ3) is 6.46. The lowest BCUT2D eigenvalue weighted by atomic mass is 10.1. The van der Waals surface area contributed by atoms with Gasteiger partial charge in [0.05, 0.1) is 19.3 Å². The molecule has 0 radical (unpaired) electrons. The average Bonchev–Trinajstić information content (AvgIpc) is 2.42. The molecule has 0 aliphatic carbocycles. The van der Waals surface area contributed by atoms with Crippen LogP contribution in [0.4, 0.5) is 4.39 Å². The zero-order chi connectivity index (χ0) is 14.8. The summed E-state index contributed by atoms with van der Waals surface area (Å²) in [4.78, 5) is 0. The van der Waals surface area contributed by atoms with Crippen molar-refractivity contribution in [1.82, 2.24) is 5.32 Å². The smallest absolute Gasteiger partial charge is 0.129 e. The van der Waals surface area contributed by atoms with E-state index in [-0.39, 0.29) is 11.9 Å². The van der Waals surface area contributed by atoms with Gasteiger partial charge in [0, 0.05) is 18.7 Å². The topological polar surface area (TPSA) is 30.5 Å². The van der Waals surface area contributed by atoms with Gasteiger partial charge in [0.15, 0.2) is 0 Å². The average molecular weight is 283 g/mol. The van der Waals surface area contributed by atoms with Crippen molar-refractivity contribution < 1.29 is 13.9 Å². The SMILES string of the molecule is CCNCC(OCCOCC(C)C)c1ccccc1F. The van der Waals surface area contributed by atoms with Gasteiger partial charge in [-0.2, -0.15) is 0 Å². The van der Waals surface area contributed by atoms with E-state index in [4.69, 9.17) is 9.47 Å². The van der Waals surface area contributed by atoms with E-state index in [0.717, 1.165) is 13.2 Å².